The van der Waals surface area contributed by atoms with E-state index in [0.717, 1.165) is 11.3 Å². The Bertz CT molecular complexity index is 306. The quantitative estimate of drug-likeness (QED) is 0.584. The Labute approximate surface area is 71.5 Å². The van der Waals surface area contributed by atoms with Gasteiger partial charge in [0, 0.05) is 18.9 Å². The van der Waals surface area contributed by atoms with Crippen molar-refractivity contribution in [2.45, 2.75) is 13.8 Å². The number of aryl methyl sites for hydroxylation is 1. The van der Waals surface area contributed by atoms with E-state index in [-0.39, 0.29) is 18.1 Å². The SMILES string of the molecule is Cc1cnc(=O)n(C)c1C.Cl. The van der Waals surface area contributed by atoms with Gasteiger partial charge in [0.1, 0.15) is 0 Å². The first-order valence-electron chi connectivity index (χ1n) is 3.12. The summed E-state index contributed by atoms with van der Waals surface area (Å²) in [6, 6.07) is 0. The molecule has 0 fully saturated rings. The molecular weight excluding hydrogens is 164 g/mol. The highest BCUT2D eigenvalue weighted by Gasteiger charge is 1.96. The van der Waals surface area contributed by atoms with Crippen molar-refractivity contribution >= 4 is 12.4 Å². The van der Waals surface area contributed by atoms with Crippen LogP contribution in [0.2, 0.25) is 0 Å². The van der Waals surface area contributed by atoms with Gasteiger partial charge >= 0.3 is 5.69 Å². The molecule has 0 N–H and O–H groups in total. The highest BCUT2D eigenvalue weighted by molar-refractivity contribution is 5.85. The van der Waals surface area contributed by atoms with Crippen molar-refractivity contribution in [2.75, 3.05) is 0 Å². The van der Waals surface area contributed by atoms with Crippen LogP contribution in [0.4, 0.5) is 0 Å². The maximum atomic E-state index is 10.8. The molecular formula is C7H11ClN2O. The molecule has 0 saturated carbocycles. The Kier molecular flexibility index (Phi) is 3.26. The zero-order chi connectivity index (χ0) is 7.72. The summed E-state index contributed by atoms with van der Waals surface area (Å²) in [5.41, 5.74) is 1.82. The van der Waals surface area contributed by atoms with Gasteiger partial charge in [0.2, 0.25) is 0 Å². The number of aromatic nitrogens is 2. The van der Waals surface area contributed by atoms with E-state index >= 15 is 0 Å². The summed E-state index contributed by atoms with van der Waals surface area (Å²) in [6.45, 7) is 3.83. The van der Waals surface area contributed by atoms with Gasteiger partial charge in [-0.05, 0) is 19.4 Å². The monoisotopic (exact) mass is 174 g/mol. The number of halogens is 1. The van der Waals surface area contributed by atoms with E-state index in [2.05, 4.69) is 4.98 Å². The number of nitrogens with zero attached hydrogens (tertiary/aromatic N) is 2. The zero-order valence-corrected chi connectivity index (χ0v) is 7.60. The van der Waals surface area contributed by atoms with Crippen LogP contribution < -0.4 is 5.69 Å². The largest absolute Gasteiger partial charge is 0.347 e. The minimum absolute atomic E-state index is 0. The highest BCUT2D eigenvalue weighted by atomic mass is 35.5. The number of hydrogen-bond acceptors (Lipinski definition) is 2. The molecule has 0 aromatic carbocycles. The van der Waals surface area contributed by atoms with Crippen molar-refractivity contribution in [3.05, 3.63) is 27.9 Å². The van der Waals surface area contributed by atoms with E-state index in [0.29, 0.717) is 0 Å². The van der Waals surface area contributed by atoms with E-state index in [9.17, 15) is 4.79 Å². The number of hydrogen-bond donors (Lipinski definition) is 0. The molecule has 0 amide bonds. The van der Waals surface area contributed by atoms with Gasteiger partial charge in [-0.1, -0.05) is 0 Å². The van der Waals surface area contributed by atoms with E-state index < -0.39 is 0 Å². The predicted octanol–water partition coefficient (Wildman–Crippen LogP) is 0.819. The highest BCUT2D eigenvalue weighted by Crippen LogP contribution is 1.97. The second kappa shape index (κ2) is 3.53. The molecule has 0 radical (unpaired) electrons. The fourth-order valence-electron chi connectivity index (χ4n) is 0.740. The smallest absolute Gasteiger partial charge is 0.299 e. The summed E-state index contributed by atoms with van der Waals surface area (Å²) < 4.78 is 1.54. The summed E-state index contributed by atoms with van der Waals surface area (Å²) >= 11 is 0. The van der Waals surface area contributed by atoms with Crippen LogP contribution >= 0.6 is 12.4 Å². The van der Waals surface area contributed by atoms with E-state index in [4.69, 9.17) is 0 Å². The van der Waals surface area contributed by atoms with Crippen molar-refractivity contribution < 1.29 is 0 Å². The minimum atomic E-state index is -0.192. The van der Waals surface area contributed by atoms with Crippen molar-refractivity contribution in [1.29, 1.82) is 0 Å². The first-order valence-corrected chi connectivity index (χ1v) is 3.12. The molecule has 62 valence electrons. The third kappa shape index (κ3) is 1.80. The molecule has 4 heteroatoms. The van der Waals surface area contributed by atoms with Gasteiger partial charge in [-0.3, -0.25) is 4.57 Å². The summed E-state index contributed by atoms with van der Waals surface area (Å²) in [4.78, 5) is 14.5. The fourth-order valence-corrected chi connectivity index (χ4v) is 0.740. The van der Waals surface area contributed by atoms with Crippen LogP contribution in [0.15, 0.2) is 11.0 Å². The molecule has 0 aliphatic heterocycles. The van der Waals surface area contributed by atoms with Crippen molar-refractivity contribution in [2.24, 2.45) is 7.05 Å². The lowest BCUT2D eigenvalue weighted by atomic mass is 10.3. The summed E-state index contributed by atoms with van der Waals surface area (Å²) in [5.74, 6) is 0. The van der Waals surface area contributed by atoms with Gasteiger partial charge in [0.15, 0.2) is 0 Å². The molecule has 0 atom stereocenters. The van der Waals surface area contributed by atoms with Crippen LogP contribution in [-0.2, 0) is 7.05 Å². The maximum Gasteiger partial charge on any atom is 0.347 e. The molecule has 3 nitrogen and oxygen atoms in total. The Balaban J connectivity index is 0.000001000. The van der Waals surface area contributed by atoms with Gasteiger partial charge in [-0.15, -0.1) is 12.4 Å². The van der Waals surface area contributed by atoms with Crippen LogP contribution in [0, 0.1) is 13.8 Å². The Hall–Kier alpha value is -0.830. The average molecular weight is 175 g/mol. The van der Waals surface area contributed by atoms with Crippen LogP contribution in [0.5, 0.6) is 0 Å². The molecule has 0 aliphatic carbocycles. The normalized spacial score (nSPS) is 9.00. The van der Waals surface area contributed by atoms with Crippen LogP contribution in [0.25, 0.3) is 0 Å². The summed E-state index contributed by atoms with van der Waals surface area (Å²) in [5, 5.41) is 0. The van der Waals surface area contributed by atoms with Crippen LogP contribution in [-0.4, -0.2) is 9.55 Å². The molecule has 0 saturated heterocycles. The first kappa shape index (κ1) is 10.2. The lowest BCUT2D eigenvalue weighted by Crippen LogP contribution is -2.22. The van der Waals surface area contributed by atoms with E-state index in [1.54, 1.807) is 13.2 Å². The topological polar surface area (TPSA) is 34.9 Å². The third-order valence-electron chi connectivity index (χ3n) is 1.73. The number of rotatable bonds is 0. The molecule has 1 rings (SSSR count). The van der Waals surface area contributed by atoms with Crippen molar-refractivity contribution in [3.8, 4) is 0 Å². The van der Waals surface area contributed by atoms with Gasteiger partial charge in [-0.25, -0.2) is 9.78 Å². The average Bonchev–Trinajstić information content (AvgIpc) is 1.93. The Morgan fingerprint density at radius 3 is 2.45 bits per heavy atom. The lowest BCUT2D eigenvalue weighted by molar-refractivity contribution is 0.764. The third-order valence-corrected chi connectivity index (χ3v) is 1.73. The predicted molar refractivity (Wildman–Crippen MR) is 46.2 cm³/mol. The molecule has 11 heavy (non-hydrogen) atoms. The summed E-state index contributed by atoms with van der Waals surface area (Å²) in [7, 11) is 1.72. The van der Waals surface area contributed by atoms with Crippen LogP contribution in [0.1, 0.15) is 11.3 Å². The molecule has 1 heterocycles. The lowest BCUT2D eigenvalue weighted by Gasteiger charge is -2.02. The molecule has 0 unspecified atom stereocenters. The van der Waals surface area contributed by atoms with Crippen LogP contribution in [0.3, 0.4) is 0 Å². The standard InChI is InChI=1S/C7H10N2O.ClH/c1-5-4-8-7(10)9(3)6(5)2;/h4H,1-3H3;1H. The van der Waals surface area contributed by atoms with E-state index in [1.807, 2.05) is 13.8 Å². The van der Waals surface area contributed by atoms with Gasteiger partial charge in [-0.2, -0.15) is 0 Å². The van der Waals surface area contributed by atoms with Crippen molar-refractivity contribution in [3.63, 3.8) is 0 Å². The fraction of sp³-hybridized carbons (Fsp3) is 0.429. The Morgan fingerprint density at radius 2 is 2.00 bits per heavy atom. The van der Waals surface area contributed by atoms with Gasteiger partial charge < -0.3 is 0 Å². The zero-order valence-electron chi connectivity index (χ0n) is 6.79. The van der Waals surface area contributed by atoms with Gasteiger partial charge in [0.05, 0.1) is 0 Å². The molecule has 0 aliphatic rings. The Morgan fingerprint density at radius 1 is 1.45 bits per heavy atom. The minimum Gasteiger partial charge on any atom is -0.299 e. The van der Waals surface area contributed by atoms with Crippen molar-refractivity contribution in [1.82, 2.24) is 9.55 Å². The first-order chi connectivity index (χ1) is 4.63. The molecule has 1 aromatic rings. The second-order valence-corrected chi connectivity index (χ2v) is 2.37. The maximum absolute atomic E-state index is 10.8. The molecule has 1 aromatic heterocycles. The molecule has 0 spiro atoms. The molecule has 0 bridgehead atoms. The second-order valence-electron chi connectivity index (χ2n) is 2.37. The summed E-state index contributed by atoms with van der Waals surface area (Å²) in [6.07, 6.45) is 1.59. The van der Waals surface area contributed by atoms with Gasteiger partial charge in [0.25, 0.3) is 0 Å². The van der Waals surface area contributed by atoms with E-state index in [1.165, 1.54) is 4.57 Å².